The van der Waals surface area contributed by atoms with Crippen LogP contribution in [0.25, 0.3) is 0 Å². The summed E-state index contributed by atoms with van der Waals surface area (Å²) in [5, 5.41) is 0. The summed E-state index contributed by atoms with van der Waals surface area (Å²) >= 11 is 0. The molecule has 1 aromatic rings. The Kier molecular flexibility index (Phi) is 7.29. The summed E-state index contributed by atoms with van der Waals surface area (Å²) in [6, 6.07) is 6.03. The zero-order chi connectivity index (χ0) is 19.3. The fourth-order valence-electron chi connectivity index (χ4n) is 3.65. The van der Waals surface area contributed by atoms with Crippen LogP contribution in [-0.2, 0) is 0 Å². The predicted molar refractivity (Wildman–Crippen MR) is 104 cm³/mol. The summed E-state index contributed by atoms with van der Waals surface area (Å²) in [7, 11) is 7.40. The Bertz CT molecular complexity index is 572. The maximum absolute atomic E-state index is 13.0. The van der Waals surface area contributed by atoms with Gasteiger partial charge in [-0.05, 0) is 53.0 Å². The van der Waals surface area contributed by atoms with E-state index in [0.717, 1.165) is 32.6 Å². The van der Waals surface area contributed by atoms with E-state index in [1.807, 2.05) is 4.90 Å². The van der Waals surface area contributed by atoms with Crippen molar-refractivity contribution < 1.29 is 14.3 Å². The van der Waals surface area contributed by atoms with Gasteiger partial charge in [-0.25, -0.2) is 0 Å². The maximum atomic E-state index is 13.0. The first-order valence-electron chi connectivity index (χ1n) is 9.28. The average Bonchev–Trinajstić information content (AvgIpc) is 2.62. The topological polar surface area (TPSA) is 45.3 Å². The molecule has 6 heteroatoms. The van der Waals surface area contributed by atoms with Crippen LogP contribution in [0.1, 0.15) is 30.6 Å². The summed E-state index contributed by atoms with van der Waals surface area (Å²) in [5.74, 6) is 1.31. The molecule has 1 fully saturated rings. The van der Waals surface area contributed by atoms with Crippen LogP contribution in [0.3, 0.4) is 0 Å². The molecule has 2 unspecified atom stereocenters. The van der Waals surface area contributed by atoms with E-state index < -0.39 is 0 Å². The Labute approximate surface area is 157 Å². The molecule has 1 aromatic carbocycles. The molecule has 146 valence electrons. The van der Waals surface area contributed by atoms with Crippen molar-refractivity contribution in [2.75, 3.05) is 54.5 Å². The average molecular weight is 364 g/mol. The molecule has 6 nitrogen and oxygen atoms in total. The minimum absolute atomic E-state index is 0.0360. The van der Waals surface area contributed by atoms with E-state index in [1.165, 1.54) is 0 Å². The monoisotopic (exact) mass is 363 g/mol. The number of methoxy groups -OCH3 is 2. The first-order chi connectivity index (χ1) is 12.3. The number of carbonyl (C=O) groups excluding carboxylic acids is 1. The second kappa shape index (κ2) is 9.24. The van der Waals surface area contributed by atoms with Crippen molar-refractivity contribution in [2.24, 2.45) is 0 Å². The normalized spacial score (nSPS) is 21.1. The first-order valence-corrected chi connectivity index (χ1v) is 9.28. The third-order valence-electron chi connectivity index (χ3n) is 5.01. The van der Waals surface area contributed by atoms with Crippen LogP contribution in [0.2, 0.25) is 0 Å². The van der Waals surface area contributed by atoms with Crippen LogP contribution in [0.5, 0.6) is 11.5 Å². The van der Waals surface area contributed by atoms with Crippen molar-refractivity contribution in [1.82, 2.24) is 14.7 Å². The molecule has 0 aromatic heterocycles. The smallest absolute Gasteiger partial charge is 0.254 e. The van der Waals surface area contributed by atoms with E-state index in [2.05, 4.69) is 37.7 Å². The molecule has 0 bridgehead atoms. The van der Waals surface area contributed by atoms with Crippen LogP contribution in [0.15, 0.2) is 18.2 Å². The minimum Gasteiger partial charge on any atom is -0.497 e. The largest absolute Gasteiger partial charge is 0.497 e. The van der Waals surface area contributed by atoms with E-state index in [4.69, 9.17) is 9.47 Å². The van der Waals surface area contributed by atoms with Crippen LogP contribution >= 0.6 is 0 Å². The lowest BCUT2D eigenvalue weighted by Gasteiger charge is -2.44. The lowest BCUT2D eigenvalue weighted by Crippen LogP contribution is -2.58. The van der Waals surface area contributed by atoms with Gasteiger partial charge in [0.1, 0.15) is 11.5 Å². The quantitative estimate of drug-likeness (QED) is 0.743. The fourth-order valence-corrected chi connectivity index (χ4v) is 3.65. The lowest BCUT2D eigenvalue weighted by molar-refractivity contribution is 0.0294. The van der Waals surface area contributed by atoms with Gasteiger partial charge < -0.3 is 19.3 Å². The Hall–Kier alpha value is -1.79. The van der Waals surface area contributed by atoms with E-state index in [-0.39, 0.29) is 5.91 Å². The van der Waals surface area contributed by atoms with Gasteiger partial charge in [-0.15, -0.1) is 0 Å². The molecular weight excluding hydrogens is 330 g/mol. The molecule has 1 saturated heterocycles. The van der Waals surface area contributed by atoms with Gasteiger partial charge >= 0.3 is 0 Å². The molecule has 1 heterocycles. The number of hydrogen-bond acceptors (Lipinski definition) is 5. The molecule has 2 atom stereocenters. The van der Waals surface area contributed by atoms with Gasteiger partial charge in [0, 0.05) is 43.3 Å². The number of benzene rings is 1. The van der Waals surface area contributed by atoms with Gasteiger partial charge in [0.05, 0.1) is 14.2 Å². The van der Waals surface area contributed by atoms with Gasteiger partial charge in [-0.2, -0.15) is 0 Å². The number of carbonyl (C=O) groups is 1. The molecule has 1 amide bonds. The summed E-state index contributed by atoms with van der Waals surface area (Å²) in [6.45, 7) is 8.04. The second-order valence-corrected chi connectivity index (χ2v) is 7.40. The highest BCUT2D eigenvalue weighted by atomic mass is 16.5. The number of ether oxygens (including phenoxy) is 2. The Morgan fingerprint density at radius 2 is 1.62 bits per heavy atom. The summed E-state index contributed by atoms with van der Waals surface area (Å²) in [6.07, 6.45) is 1.14. The molecule has 0 N–H and O–H groups in total. The van der Waals surface area contributed by atoms with E-state index in [1.54, 1.807) is 32.4 Å². The van der Waals surface area contributed by atoms with Gasteiger partial charge in [-0.1, -0.05) is 0 Å². The van der Waals surface area contributed by atoms with Crippen LogP contribution in [0, 0.1) is 0 Å². The fraction of sp³-hybridized carbons (Fsp3) is 0.650. The van der Waals surface area contributed by atoms with Gasteiger partial charge in [0.2, 0.25) is 0 Å². The molecule has 0 spiro atoms. The van der Waals surface area contributed by atoms with E-state index >= 15 is 0 Å². The third kappa shape index (κ3) is 5.11. The molecule has 26 heavy (non-hydrogen) atoms. The van der Waals surface area contributed by atoms with Gasteiger partial charge in [0.15, 0.2) is 0 Å². The van der Waals surface area contributed by atoms with Crippen molar-refractivity contribution >= 4 is 5.91 Å². The number of rotatable bonds is 7. The number of amides is 1. The zero-order valence-electron chi connectivity index (χ0n) is 17.0. The Morgan fingerprint density at radius 1 is 1.08 bits per heavy atom. The zero-order valence-corrected chi connectivity index (χ0v) is 17.0. The first kappa shape index (κ1) is 20.5. The minimum atomic E-state index is 0.0360. The van der Waals surface area contributed by atoms with Gasteiger partial charge in [0.25, 0.3) is 5.91 Å². The highest BCUT2D eigenvalue weighted by molar-refractivity contribution is 5.95. The molecule has 1 aliphatic heterocycles. The van der Waals surface area contributed by atoms with Crippen molar-refractivity contribution in [3.8, 4) is 11.5 Å². The molecule has 2 rings (SSSR count). The standard InChI is InChI=1S/C20H33N3O3/c1-15-13-22(14-16(2)23(15)9-7-8-21(3)4)20(24)17-10-18(25-5)12-19(11-17)26-6/h10-12,15-16H,7-9,13-14H2,1-6H3. The Balaban J connectivity index is 2.05. The van der Waals surface area contributed by atoms with Crippen LogP contribution in [-0.4, -0.2) is 87.2 Å². The van der Waals surface area contributed by atoms with E-state index in [9.17, 15) is 4.79 Å². The molecule has 1 aliphatic rings. The van der Waals surface area contributed by atoms with Crippen molar-refractivity contribution in [3.05, 3.63) is 23.8 Å². The number of hydrogen-bond donors (Lipinski definition) is 0. The van der Waals surface area contributed by atoms with Crippen LogP contribution in [0.4, 0.5) is 0 Å². The lowest BCUT2D eigenvalue weighted by atomic mass is 10.1. The van der Waals surface area contributed by atoms with Crippen molar-refractivity contribution in [1.29, 1.82) is 0 Å². The predicted octanol–water partition coefficient (Wildman–Crippen LogP) is 2.19. The second-order valence-electron chi connectivity index (χ2n) is 7.40. The number of nitrogens with zero attached hydrogens (tertiary/aromatic N) is 3. The SMILES string of the molecule is COc1cc(OC)cc(C(=O)N2CC(C)N(CCCN(C)C)C(C)C2)c1. The molecule has 0 radical (unpaired) electrons. The van der Waals surface area contributed by atoms with Crippen LogP contribution < -0.4 is 9.47 Å². The summed E-state index contributed by atoms with van der Waals surface area (Å²) in [5.41, 5.74) is 0.613. The highest BCUT2D eigenvalue weighted by Crippen LogP contribution is 2.25. The summed E-state index contributed by atoms with van der Waals surface area (Å²) in [4.78, 5) is 19.7. The molecule has 0 saturated carbocycles. The van der Waals surface area contributed by atoms with Crippen molar-refractivity contribution in [3.63, 3.8) is 0 Å². The van der Waals surface area contributed by atoms with Crippen molar-refractivity contribution in [2.45, 2.75) is 32.4 Å². The maximum Gasteiger partial charge on any atom is 0.254 e. The summed E-state index contributed by atoms with van der Waals surface area (Å²) < 4.78 is 10.6. The number of piperazine rings is 1. The highest BCUT2D eigenvalue weighted by Gasteiger charge is 2.32. The molecular formula is C20H33N3O3. The van der Waals surface area contributed by atoms with E-state index in [0.29, 0.717) is 29.1 Å². The van der Waals surface area contributed by atoms with Gasteiger partial charge in [-0.3, -0.25) is 9.69 Å². The molecule has 0 aliphatic carbocycles. The third-order valence-corrected chi connectivity index (χ3v) is 5.01. The Morgan fingerprint density at radius 3 is 2.08 bits per heavy atom.